The number of rotatable bonds is 5. The van der Waals surface area contributed by atoms with Crippen molar-refractivity contribution in [3.05, 3.63) is 34.9 Å². The van der Waals surface area contributed by atoms with Gasteiger partial charge in [0.05, 0.1) is 0 Å². The topological polar surface area (TPSA) is 105 Å². The van der Waals surface area contributed by atoms with Gasteiger partial charge in [-0.1, -0.05) is 24.6 Å². The van der Waals surface area contributed by atoms with Crippen molar-refractivity contribution in [1.29, 1.82) is 5.26 Å². The summed E-state index contributed by atoms with van der Waals surface area (Å²) in [5.74, 6) is 1.09. The fourth-order valence-electron chi connectivity index (χ4n) is 1.57. The lowest BCUT2D eigenvalue weighted by Gasteiger charge is -2.05. The van der Waals surface area contributed by atoms with E-state index in [0.717, 1.165) is 5.75 Å². The third kappa shape index (κ3) is 6.28. The molecular formula is C15H16ClN5OS2. The third-order valence-electron chi connectivity index (χ3n) is 2.50. The highest BCUT2D eigenvalue weighted by Gasteiger charge is 2.12. The SMILES string of the molecule is CCSc1nc(N)nc(SC)c1C#N.O=CNc1cccc(Cl)c1. The van der Waals surface area contributed by atoms with Crippen LogP contribution in [0, 0.1) is 11.3 Å². The first-order valence-corrected chi connectivity index (χ1v) is 9.34. The molecule has 2 aromatic rings. The average molecular weight is 382 g/mol. The minimum absolute atomic E-state index is 0.226. The summed E-state index contributed by atoms with van der Waals surface area (Å²) in [7, 11) is 0. The Bertz CT molecular complexity index is 736. The zero-order chi connectivity index (χ0) is 17.9. The second-order valence-corrected chi connectivity index (χ2v) is 6.57. The molecule has 0 aliphatic rings. The Balaban J connectivity index is 0.000000254. The van der Waals surface area contributed by atoms with E-state index in [4.69, 9.17) is 22.6 Å². The molecule has 0 aliphatic heterocycles. The third-order valence-corrected chi connectivity index (χ3v) is 4.27. The van der Waals surface area contributed by atoms with Crippen LogP contribution < -0.4 is 11.1 Å². The molecule has 9 heteroatoms. The number of aromatic nitrogens is 2. The number of hydrogen-bond donors (Lipinski definition) is 2. The number of nitrogens with one attached hydrogen (secondary N) is 1. The van der Waals surface area contributed by atoms with Crippen molar-refractivity contribution in [2.24, 2.45) is 0 Å². The van der Waals surface area contributed by atoms with E-state index in [1.165, 1.54) is 23.5 Å². The molecule has 0 aliphatic carbocycles. The van der Waals surface area contributed by atoms with E-state index in [-0.39, 0.29) is 5.95 Å². The number of halogens is 1. The highest BCUT2D eigenvalue weighted by atomic mass is 35.5. The van der Waals surface area contributed by atoms with Crippen molar-refractivity contribution in [3.63, 3.8) is 0 Å². The van der Waals surface area contributed by atoms with Crippen molar-refractivity contribution < 1.29 is 4.79 Å². The molecule has 0 saturated carbocycles. The standard InChI is InChI=1S/C8H10N4S2.C7H6ClNO/c1-3-14-7-5(4-9)6(13-2)11-8(10)12-7;8-6-2-1-3-7(4-6)9-5-10/h3H2,1-2H3,(H2,10,11,12);1-5H,(H,9,10). The second kappa shape index (κ2) is 10.8. The summed E-state index contributed by atoms with van der Waals surface area (Å²) in [5, 5.41) is 13.4. The quantitative estimate of drug-likeness (QED) is 0.462. The van der Waals surface area contributed by atoms with E-state index in [2.05, 4.69) is 21.4 Å². The molecule has 1 aromatic heterocycles. The molecule has 1 aromatic carbocycles. The van der Waals surface area contributed by atoms with Gasteiger partial charge in [0.25, 0.3) is 0 Å². The van der Waals surface area contributed by atoms with Gasteiger partial charge in [-0.05, 0) is 30.2 Å². The van der Waals surface area contributed by atoms with Gasteiger partial charge < -0.3 is 11.1 Å². The van der Waals surface area contributed by atoms with Crippen molar-refractivity contribution in [3.8, 4) is 6.07 Å². The van der Waals surface area contributed by atoms with Gasteiger partial charge in [0.1, 0.15) is 21.7 Å². The molecule has 0 bridgehead atoms. The molecule has 24 heavy (non-hydrogen) atoms. The number of nitrogens with zero attached hydrogens (tertiary/aromatic N) is 3. The van der Waals surface area contributed by atoms with E-state index in [1.54, 1.807) is 24.3 Å². The molecule has 3 N–H and O–H groups in total. The predicted octanol–water partition coefficient (Wildman–Crippen LogP) is 3.67. The minimum atomic E-state index is 0.226. The smallest absolute Gasteiger partial charge is 0.222 e. The lowest BCUT2D eigenvalue weighted by molar-refractivity contribution is -0.105. The Morgan fingerprint density at radius 1 is 1.42 bits per heavy atom. The van der Waals surface area contributed by atoms with E-state index >= 15 is 0 Å². The summed E-state index contributed by atoms with van der Waals surface area (Å²) in [6.45, 7) is 2.00. The molecule has 1 amide bonds. The first-order valence-electron chi connectivity index (χ1n) is 6.75. The van der Waals surface area contributed by atoms with Crippen molar-refractivity contribution in [1.82, 2.24) is 9.97 Å². The van der Waals surface area contributed by atoms with Crippen LogP contribution in [-0.4, -0.2) is 28.4 Å². The van der Waals surface area contributed by atoms with E-state index in [1.807, 2.05) is 13.2 Å². The zero-order valence-corrected chi connectivity index (χ0v) is 15.5. The Labute approximate surface area is 154 Å². The number of carbonyl (C=O) groups excluding carboxylic acids is 1. The Morgan fingerprint density at radius 2 is 2.12 bits per heavy atom. The van der Waals surface area contributed by atoms with Crippen LogP contribution in [0.3, 0.4) is 0 Å². The van der Waals surface area contributed by atoms with Gasteiger partial charge in [-0.2, -0.15) is 5.26 Å². The normalized spacial score (nSPS) is 9.42. The van der Waals surface area contributed by atoms with Crippen LogP contribution in [0.5, 0.6) is 0 Å². The summed E-state index contributed by atoms with van der Waals surface area (Å²) in [6, 6.07) is 9.07. The maximum atomic E-state index is 9.93. The summed E-state index contributed by atoms with van der Waals surface area (Å²) in [5.41, 5.74) is 6.77. The van der Waals surface area contributed by atoms with Gasteiger partial charge in [0.2, 0.25) is 12.4 Å². The van der Waals surface area contributed by atoms with Crippen LogP contribution in [0.15, 0.2) is 34.3 Å². The molecular weight excluding hydrogens is 366 g/mol. The van der Waals surface area contributed by atoms with Gasteiger partial charge in [-0.3, -0.25) is 4.79 Å². The van der Waals surface area contributed by atoms with E-state index < -0.39 is 0 Å². The van der Waals surface area contributed by atoms with Crippen molar-refractivity contribution >= 4 is 53.2 Å². The highest BCUT2D eigenvalue weighted by molar-refractivity contribution is 7.99. The number of nitriles is 1. The number of amides is 1. The number of benzene rings is 1. The fraction of sp³-hybridized carbons (Fsp3) is 0.200. The summed E-state index contributed by atoms with van der Waals surface area (Å²) < 4.78 is 0. The molecule has 126 valence electrons. The summed E-state index contributed by atoms with van der Waals surface area (Å²) in [4.78, 5) is 18.0. The number of carbonyl (C=O) groups is 1. The van der Waals surface area contributed by atoms with Crippen LogP contribution in [-0.2, 0) is 4.79 Å². The predicted molar refractivity (Wildman–Crippen MR) is 100 cm³/mol. The largest absolute Gasteiger partial charge is 0.368 e. The van der Waals surface area contributed by atoms with Gasteiger partial charge >= 0.3 is 0 Å². The van der Waals surface area contributed by atoms with Gasteiger partial charge in [-0.15, -0.1) is 23.5 Å². The first-order chi connectivity index (χ1) is 11.5. The lowest BCUT2D eigenvalue weighted by Crippen LogP contribution is -2.01. The zero-order valence-electron chi connectivity index (χ0n) is 13.1. The molecule has 0 radical (unpaired) electrons. The van der Waals surface area contributed by atoms with Gasteiger partial charge in [-0.25, -0.2) is 9.97 Å². The maximum absolute atomic E-state index is 9.93. The molecule has 1 heterocycles. The number of anilines is 2. The molecule has 0 fully saturated rings. The monoisotopic (exact) mass is 381 g/mol. The Hall–Kier alpha value is -1.95. The summed E-state index contributed by atoms with van der Waals surface area (Å²) in [6.07, 6.45) is 2.48. The molecule has 0 spiro atoms. The lowest BCUT2D eigenvalue weighted by atomic mass is 10.3. The highest BCUT2D eigenvalue weighted by Crippen LogP contribution is 2.27. The second-order valence-electron chi connectivity index (χ2n) is 4.09. The van der Waals surface area contributed by atoms with Crippen molar-refractivity contribution in [2.75, 3.05) is 23.1 Å². The Morgan fingerprint density at radius 3 is 2.67 bits per heavy atom. The van der Waals surface area contributed by atoms with Crippen LogP contribution >= 0.6 is 35.1 Å². The number of thioether (sulfide) groups is 2. The molecule has 2 rings (SSSR count). The molecule has 0 atom stereocenters. The van der Waals surface area contributed by atoms with Gasteiger partial charge in [0.15, 0.2) is 0 Å². The van der Waals surface area contributed by atoms with E-state index in [0.29, 0.717) is 32.7 Å². The van der Waals surface area contributed by atoms with Crippen LogP contribution in [0.25, 0.3) is 0 Å². The minimum Gasteiger partial charge on any atom is -0.368 e. The fourth-order valence-corrected chi connectivity index (χ4v) is 3.07. The average Bonchev–Trinajstić information content (AvgIpc) is 2.55. The van der Waals surface area contributed by atoms with Crippen molar-refractivity contribution in [2.45, 2.75) is 17.0 Å². The van der Waals surface area contributed by atoms with Crippen LogP contribution in [0.1, 0.15) is 12.5 Å². The first kappa shape index (κ1) is 20.1. The number of nitrogens with two attached hydrogens (primary N) is 1. The molecule has 0 unspecified atom stereocenters. The number of hydrogen-bond acceptors (Lipinski definition) is 7. The maximum Gasteiger partial charge on any atom is 0.222 e. The van der Waals surface area contributed by atoms with Crippen LogP contribution in [0.4, 0.5) is 11.6 Å². The number of nitrogen functional groups attached to an aromatic ring is 1. The van der Waals surface area contributed by atoms with Gasteiger partial charge in [0, 0.05) is 10.7 Å². The summed E-state index contributed by atoms with van der Waals surface area (Å²) >= 11 is 8.54. The molecule has 6 nitrogen and oxygen atoms in total. The van der Waals surface area contributed by atoms with E-state index in [9.17, 15) is 4.79 Å². The molecule has 0 saturated heterocycles. The van der Waals surface area contributed by atoms with Crippen LogP contribution in [0.2, 0.25) is 5.02 Å². The Kier molecular flexibility index (Phi) is 9.01.